The van der Waals surface area contributed by atoms with Crippen molar-refractivity contribution in [1.29, 1.82) is 0 Å². The van der Waals surface area contributed by atoms with Gasteiger partial charge in [0.15, 0.2) is 0 Å². The number of nitrogens with one attached hydrogen (secondary N) is 1. The highest BCUT2D eigenvalue weighted by atomic mass is 16.6. The number of nitrogens with zero attached hydrogens (tertiary/aromatic N) is 3. The van der Waals surface area contributed by atoms with E-state index >= 15 is 0 Å². The van der Waals surface area contributed by atoms with Crippen molar-refractivity contribution >= 4 is 6.09 Å². The van der Waals surface area contributed by atoms with Crippen molar-refractivity contribution in [2.75, 3.05) is 19.7 Å². The van der Waals surface area contributed by atoms with Crippen LogP contribution in [-0.4, -0.2) is 51.9 Å². The van der Waals surface area contributed by atoms with E-state index in [4.69, 9.17) is 9.47 Å². The van der Waals surface area contributed by atoms with Gasteiger partial charge in [0.1, 0.15) is 11.4 Å². The van der Waals surface area contributed by atoms with E-state index in [2.05, 4.69) is 19.6 Å². The standard InChI is InChI=1S/C17H22N4O5/c1-11(2)25-17(23)21-7-5-12(6-8-21)10-24-13-3-4-14(18-9-13)15-19-16(22)26-20-15/h3-4,9,11-12H,5-8,10H2,1-2H3,(H,19,20,22). The average Bonchev–Trinajstić information content (AvgIpc) is 3.07. The summed E-state index contributed by atoms with van der Waals surface area (Å²) in [4.78, 5) is 31.2. The van der Waals surface area contributed by atoms with Gasteiger partial charge in [-0.3, -0.25) is 9.51 Å². The number of rotatable bonds is 5. The van der Waals surface area contributed by atoms with Crippen molar-refractivity contribution in [1.82, 2.24) is 20.0 Å². The van der Waals surface area contributed by atoms with E-state index in [-0.39, 0.29) is 18.0 Å². The third-order valence-electron chi connectivity index (χ3n) is 4.11. The largest absolute Gasteiger partial charge is 0.492 e. The molecule has 2 aromatic rings. The summed E-state index contributed by atoms with van der Waals surface area (Å²) in [5.74, 6) is 0.680. The minimum Gasteiger partial charge on any atom is -0.492 e. The second-order valence-corrected chi connectivity index (χ2v) is 6.50. The molecule has 0 atom stereocenters. The number of pyridine rings is 1. The highest BCUT2D eigenvalue weighted by Crippen LogP contribution is 2.21. The normalized spacial score (nSPS) is 15.3. The van der Waals surface area contributed by atoms with Crippen LogP contribution in [0.3, 0.4) is 0 Å². The molecule has 1 saturated heterocycles. The topological polar surface area (TPSA) is 111 Å². The molecule has 3 heterocycles. The number of hydrogen-bond donors (Lipinski definition) is 1. The van der Waals surface area contributed by atoms with Gasteiger partial charge in [0.05, 0.1) is 18.9 Å². The Hall–Kier alpha value is -2.84. The Bertz CT molecular complexity index is 775. The zero-order valence-electron chi connectivity index (χ0n) is 14.8. The van der Waals surface area contributed by atoms with E-state index in [1.54, 1.807) is 23.2 Å². The maximum Gasteiger partial charge on any atom is 0.439 e. The van der Waals surface area contributed by atoms with Crippen LogP contribution in [0.2, 0.25) is 0 Å². The molecule has 9 nitrogen and oxygen atoms in total. The van der Waals surface area contributed by atoms with E-state index in [1.807, 2.05) is 13.8 Å². The molecule has 3 rings (SSSR count). The van der Waals surface area contributed by atoms with Gasteiger partial charge in [0, 0.05) is 13.1 Å². The van der Waals surface area contributed by atoms with E-state index < -0.39 is 5.76 Å². The SMILES string of the molecule is CC(C)OC(=O)N1CCC(COc2ccc(-c3noc(=O)[nH]3)nc2)CC1. The number of H-pyrrole nitrogens is 1. The summed E-state index contributed by atoms with van der Waals surface area (Å²) in [5, 5.41) is 3.59. The first-order valence-electron chi connectivity index (χ1n) is 8.62. The fraction of sp³-hybridized carbons (Fsp3) is 0.529. The number of ether oxygens (including phenoxy) is 2. The molecule has 140 valence electrons. The van der Waals surface area contributed by atoms with Crippen molar-refractivity contribution in [3.8, 4) is 17.3 Å². The van der Waals surface area contributed by atoms with Crippen molar-refractivity contribution < 1.29 is 18.8 Å². The number of piperidine rings is 1. The lowest BCUT2D eigenvalue weighted by Gasteiger charge is -2.31. The fourth-order valence-corrected chi connectivity index (χ4v) is 2.72. The van der Waals surface area contributed by atoms with Crippen molar-refractivity contribution in [3.05, 3.63) is 28.9 Å². The third kappa shape index (κ3) is 4.62. The average molecular weight is 362 g/mol. The monoisotopic (exact) mass is 362 g/mol. The highest BCUT2D eigenvalue weighted by molar-refractivity contribution is 5.67. The maximum atomic E-state index is 11.9. The minimum atomic E-state index is -0.620. The first-order chi connectivity index (χ1) is 12.5. The van der Waals surface area contributed by atoms with Gasteiger partial charge in [0.25, 0.3) is 0 Å². The molecule has 0 saturated carbocycles. The Kier molecular flexibility index (Phi) is 5.55. The Morgan fingerprint density at radius 3 is 2.73 bits per heavy atom. The second-order valence-electron chi connectivity index (χ2n) is 6.50. The smallest absolute Gasteiger partial charge is 0.439 e. The summed E-state index contributed by atoms with van der Waals surface area (Å²) < 4.78 is 15.5. The van der Waals surface area contributed by atoms with Gasteiger partial charge in [-0.25, -0.2) is 14.6 Å². The lowest BCUT2D eigenvalue weighted by atomic mass is 9.98. The molecule has 26 heavy (non-hydrogen) atoms. The van der Waals surface area contributed by atoms with Crippen LogP contribution in [0.25, 0.3) is 11.5 Å². The van der Waals surface area contributed by atoms with Gasteiger partial charge >= 0.3 is 11.8 Å². The molecule has 1 aliphatic rings. The van der Waals surface area contributed by atoms with E-state index in [0.29, 0.717) is 37.1 Å². The molecule has 9 heteroatoms. The molecular formula is C17H22N4O5. The zero-order valence-corrected chi connectivity index (χ0v) is 14.8. The summed E-state index contributed by atoms with van der Waals surface area (Å²) in [5.41, 5.74) is 0.500. The van der Waals surface area contributed by atoms with E-state index in [1.165, 1.54) is 0 Å². The van der Waals surface area contributed by atoms with Crippen LogP contribution in [0.4, 0.5) is 4.79 Å². The molecule has 1 aliphatic heterocycles. The zero-order chi connectivity index (χ0) is 18.5. The number of hydrogen-bond acceptors (Lipinski definition) is 7. The number of amides is 1. The van der Waals surface area contributed by atoms with E-state index in [0.717, 1.165) is 12.8 Å². The fourth-order valence-electron chi connectivity index (χ4n) is 2.72. The first-order valence-corrected chi connectivity index (χ1v) is 8.62. The molecule has 1 amide bonds. The summed E-state index contributed by atoms with van der Waals surface area (Å²) in [7, 11) is 0. The van der Waals surface area contributed by atoms with Crippen LogP contribution in [0.1, 0.15) is 26.7 Å². The Labute approximate surface area is 150 Å². The van der Waals surface area contributed by atoms with Crippen molar-refractivity contribution in [3.63, 3.8) is 0 Å². The lowest BCUT2D eigenvalue weighted by Crippen LogP contribution is -2.40. The Morgan fingerprint density at radius 1 is 1.38 bits per heavy atom. The predicted octanol–water partition coefficient (Wildman–Crippen LogP) is 2.06. The number of aromatic nitrogens is 3. The van der Waals surface area contributed by atoms with Crippen LogP contribution < -0.4 is 10.5 Å². The van der Waals surface area contributed by atoms with Crippen molar-refractivity contribution in [2.24, 2.45) is 5.92 Å². The summed E-state index contributed by atoms with van der Waals surface area (Å²) in [6.07, 6.45) is 2.98. The number of aromatic amines is 1. The van der Waals surface area contributed by atoms with Gasteiger partial charge < -0.3 is 14.4 Å². The number of carbonyl (C=O) groups is 1. The van der Waals surface area contributed by atoms with E-state index in [9.17, 15) is 9.59 Å². The molecular weight excluding hydrogens is 340 g/mol. The molecule has 1 N–H and O–H groups in total. The van der Waals surface area contributed by atoms with Gasteiger partial charge in [-0.2, -0.15) is 0 Å². The lowest BCUT2D eigenvalue weighted by molar-refractivity contribution is 0.0608. The summed E-state index contributed by atoms with van der Waals surface area (Å²) >= 11 is 0. The van der Waals surface area contributed by atoms with Crippen LogP contribution in [0.5, 0.6) is 5.75 Å². The predicted molar refractivity (Wildman–Crippen MR) is 91.8 cm³/mol. The number of likely N-dealkylation sites (tertiary alicyclic amines) is 1. The van der Waals surface area contributed by atoms with Crippen molar-refractivity contribution in [2.45, 2.75) is 32.8 Å². The van der Waals surface area contributed by atoms with Gasteiger partial charge in [-0.05, 0) is 44.7 Å². The van der Waals surface area contributed by atoms with Crippen LogP contribution in [0, 0.1) is 5.92 Å². The first kappa shape index (κ1) is 18.0. The third-order valence-corrected chi connectivity index (χ3v) is 4.11. The molecule has 0 aliphatic carbocycles. The minimum absolute atomic E-state index is 0.103. The maximum absolute atomic E-state index is 11.9. The molecule has 0 radical (unpaired) electrons. The molecule has 0 unspecified atom stereocenters. The molecule has 2 aromatic heterocycles. The highest BCUT2D eigenvalue weighted by Gasteiger charge is 2.24. The Balaban J connectivity index is 1.45. The molecule has 0 spiro atoms. The molecule has 0 bridgehead atoms. The van der Waals surface area contributed by atoms with Crippen LogP contribution >= 0.6 is 0 Å². The van der Waals surface area contributed by atoms with Crippen LogP contribution in [-0.2, 0) is 4.74 Å². The van der Waals surface area contributed by atoms with Gasteiger partial charge in [-0.15, -0.1) is 0 Å². The second kappa shape index (κ2) is 8.03. The van der Waals surface area contributed by atoms with Crippen LogP contribution in [0.15, 0.2) is 27.6 Å². The summed E-state index contributed by atoms with van der Waals surface area (Å²) in [6, 6.07) is 3.47. The molecule has 1 fully saturated rings. The Morgan fingerprint density at radius 2 is 2.15 bits per heavy atom. The quantitative estimate of drug-likeness (QED) is 0.866. The van der Waals surface area contributed by atoms with Gasteiger partial charge in [0.2, 0.25) is 5.82 Å². The number of carbonyl (C=O) groups excluding carboxylic acids is 1. The van der Waals surface area contributed by atoms with Gasteiger partial charge in [-0.1, -0.05) is 5.16 Å². The summed E-state index contributed by atoms with van der Waals surface area (Å²) in [6.45, 7) is 5.61. The molecule has 0 aromatic carbocycles.